The molecular formula is C18H19N7OS. The van der Waals surface area contributed by atoms with Gasteiger partial charge in [0.1, 0.15) is 17.0 Å². The van der Waals surface area contributed by atoms with Gasteiger partial charge in [-0.3, -0.25) is 4.98 Å². The lowest BCUT2D eigenvalue weighted by atomic mass is 10.0. The van der Waals surface area contributed by atoms with Gasteiger partial charge >= 0.3 is 0 Å². The maximum atomic E-state index is 10.1. The van der Waals surface area contributed by atoms with Gasteiger partial charge in [-0.1, -0.05) is 11.3 Å². The minimum absolute atomic E-state index is 0.212. The van der Waals surface area contributed by atoms with E-state index in [0.717, 1.165) is 20.8 Å². The quantitative estimate of drug-likeness (QED) is 0.558. The number of pyridine rings is 1. The Balaban J connectivity index is 1.67. The highest BCUT2D eigenvalue weighted by Crippen LogP contribution is 2.32. The molecule has 0 amide bonds. The summed E-state index contributed by atoms with van der Waals surface area (Å²) < 4.78 is 2.63. The molecule has 0 aliphatic rings. The highest BCUT2D eigenvalue weighted by molar-refractivity contribution is 7.19. The predicted molar refractivity (Wildman–Crippen MR) is 104 cm³/mol. The van der Waals surface area contributed by atoms with Gasteiger partial charge in [-0.05, 0) is 39.0 Å². The van der Waals surface area contributed by atoms with E-state index in [1.165, 1.54) is 0 Å². The Morgan fingerprint density at radius 3 is 2.81 bits per heavy atom. The normalized spacial score (nSPS) is 12.0. The van der Waals surface area contributed by atoms with Crippen molar-refractivity contribution >= 4 is 27.5 Å². The summed E-state index contributed by atoms with van der Waals surface area (Å²) in [5, 5.41) is 18.6. The Labute approximate surface area is 159 Å². The van der Waals surface area contributed by atoms with E-state index in [1.807, 2.05) is 31.3 Å². The van der Waals surface area contributed by atoms with Crippen molar-refractivity contribution in [3.05, 3.63) is 46.7 Å². The molecule has 8 nitrogen and oxygen atoms in total. The zero-order chi connectivity index (χ0) is 19.2. The number of aliphatic hydroxyl groups is 1. The average Bonchev–Trinajstić information content (AvgIpc) is 3.19. The van der Waals surface area contributed by atoms with Gasteiger partial charge in [-0.25, -0.2) is 14.6 Å². The first-order chi connectivity index (χ1) is 12.8. The summed E-state index contributed by atoms with van der Waals surface area (Å²) in [6.45, 7) is 5.87. The van der Waals surface area contributed by atoms with Crippen LogP contribution in [0, 0.1) is 6.92 Å². The summed E-state index contributed by atoms with van der Waals surface area (Å²) in [5.74, 6) is 0.212. The van der Waals surface area contributed by atoms with Crippen molar-refractivity contribution in [2.75, 3.05) is 5.73 Å². The standard InChI is InChI=1S/C18H19N7OS/c1-10-7-12-16(27-10)15(22-17(19)21-12)13-9-25(24-23-13)8-11-5-4-6-14(20-11)18(2,3)26/h4-7,9,26H,8H2,1-3H3,(H2,19,21,22). The summed E-state index contributed by atoms with van der Waals surface area (Å²) in [6.07, 6.45) is 1.81. The molecule has 4 rings (SSSR count). The van der Waals surface area contributed by atoms with Crippen molar-refractivity contribution in [2.45, 2.75) is 32.9 Å². The number of aryl methyl sites for hydroxylation is 1. The largest absolute Gasteiger partial charge is 0.384 e. The van der Waals surface area contributed by atoms with Gasteiger partial charge in [-0.15, -0.1) is 16.4 Å². The first-order valence-corrected chi connectivity index (χ1v) is 9.24. The van der Waals surface area contributed by atoms with Crippen LogP contribution in [0.15, 0.2) is 30.5 Å². The molecule has 0 saturated carbocycles. The molecule has 0 saturated heterocycles. The number of fused-ring (bicyclic) bond motifs is 1. The molecule has 0 bridgehead atoms. The highest BCUT2D eigenvalue weighted by atomic mass is 32.1. The topological polar surface area (TPSA) is 116 Å². The molecule has 9 heteroatoms. The number of aromatic nitrogens is 6. The number of hydrogen-bond acceptors (Lipinski definition) is 8. The fourth-order valence-electron chi connectivity index (χ4n) is 2.80. The molecule has 0 radical (unpaired) electrons. The van der Waals surface area contributed by atoms with Gasteiger partial charge in [-0.2, -0.15) is 0 Å². The minimum Gasteiger partial charge on any atom is -0.384 e. The van der Waals surface area contributed by atoms with E-state index in [9.17, 15) is 5.11 Å². The number of anilines is 1. The Hall–Kier alpha value is -2.91. The van der Waals surface area contributed by atoms with Gasteiger partial charge in [0, 0.05) is 4.88 Å². The van der Waals surface area contributed by atoms with Crippen LogP contribution in [0.5, 0.6) is 0 Å². The monoisotopic (exact) mass is 381 g/mol. The van der Waals surface area contributed by atoms with E-state index < -0.39 is 5.60 Å². The first-order valence-electron chi connectivity index (χ1n) is 8.42. The van der Waals surface area contributed by atoms with Crippen molar-refractivity contribution in [1.29, 1.82) is 0 Å². The fraction of sp³-hybridized carbons (Fsp3) is 0.278. The van der Waals surface area contributed by atoms with Crippen molar-refractivity contribution in [2.24, 2.45) is 0 Å². The van der Waals surface area contributed by atoms with Crippen LogP contribution in [-0.4, -0.2) is 35.1 Å². The lowest BCUT2D eigenvalue weighted by Gasteiger charge is -2.17. The van der Waals surface area contributed by atoms with Crippen LogP contribution >= 0.6 is 11.3 Å². The SMILES string of the molecule is Cc1cc2nc(N)nc(-c3cn(Cc4cccc(C(C)(C)O)n4)nn3)c2s1. The predicted octanol–water partition coefficient (Wildman–Crippen LogP) is 2.51. The maximum Gasteiger partial charge on any atom is 0.221 e. The van der Waals surface area contributed by atoms with E-state index in [0.29, 0.717) is 23.6 Å². The number of hydrogen-bond donors (Lipinski definition) is 2. The number of thiophene rings is 1. The van der Waals surface area contributed by atoms with Crippen molar-refractivity contribution in [3.8, 4) is 11.4 Å². The molecule has 0 aromatic carbocycles. The van der Waals surface area contributed by atoms with E-state index in [2.05, 4.69) is 25.3 Å². The third kappa shape index (κ3) is 3.51. The third-order valence-electron chi connectivity index (χ3n) is 4.05. The number of nitrogens with zero attached hydrogens (tertiary/aromatic N) is 6. The summed E-state index contributed by atoms with van der Waals surface area (Å²) >= 11 is 1.60. The number of nitrogens with two attached hydrogens (primary N) is 1. The van der Waals surface area contributed by atoms with E-state index in [4.69, 9.17) is 5.73 Å². The Morgan fingerprint density at radius 1 is 1.22 bits per heavy atom. The molecule has 0 aliphatic heterocycles. The van der Waals surface area contributed by atoms with Gasteiger partial charge in [0.05, 0.1) is 34.3 Å². The van der Waals surface area contributed by atoms with Crippen molar-refractivity contribution < 1.29 is 5.11 Å². The molecular weight excluding hydrogens is 362 g/mol. The molecule has 0 unspecified atom stereocenters. The minimum atomic E-state index is -0.995. The molecule has 0 atom stereocenters. The average molecular weight is 381 g/mol. The van der Waals surface area contributed by atoms with Crippen LogP contribution in [-0.2, 0) is 12.1 Å². The summed E-state index contributed by atoms with van der Waals surface area (Å²) in [6, 6.07) is 7.55. The Bertz CT molecular complexity index is 1130. The van der Waals surface area contributed by atoms with Crippen molar-refractivity contribution in [1.82, 2.24) is 29.9 Å². The second-order valence-electron chi connectivity index (χ2n) is 6.88. The van der Waals surface area contributed by atoms with Gasteiger partial charge in [0.15, 0.2) is 0 Å². The summed E-state index contributed by atoms with van der Waals surface area (Å²) in [5.41, 5.74) is 8.38. The van der Waals surface area contributed by atoms with Crippen LogP contribution in [0.2, 0.25) is 0 Å². The zero-order valence-corrected chi connectivity index (χ0v) is 16.0. The first kappa shape index (κ1) is 17.5. The van der Waals surface area contributed by atoms with Crippen LogP contribution in [0.25, 0.3) is 21.6 Å². The van der Waals surface area contributed by atoms with Crippen LogP contribution in [0.3, 0.4) is 0 Å². The molecule has 0 fully saturated rings. The van der Waals surface area contributed by atoms with Gasteiger partial charge in [0.2, 0.25) is 5.95 Å². The second kappa shape index (κ2) is 6.36. The maximum absolute atomic E-state index is 10.1. The van der Waals surface area contributed by atoms with Crippen LogP contribution in [0.4, 0.5) is 5.95 Å². The Morgan fingerprint density at radius 2 is 2.04 bits per heavy atom. The Kier molecular flexibility index (Phi) is 4.12. The molecule has 4 aromatic heterocycles. The molecule has 0 aliphatic carbocycles. The lowest BCUT2D eigenvalue weighted by Crippen LogP contribution is -2.18. The van der Waals surface area contributed by atoms with Crippen molar-refractivity contribution in [3.63, 3.8) is 0 Å². The molecule has 27 heavy (non-hydrogen) atoms. The molecule has 138 valence electrons. The van der Waals surface area contributed by atoms with E-state index >= 15 is 0 Å². The smallest absolute Gasteiger partial charge is 0.221 e. The van der Waals surface area contributed by atoms with Crippen LogP contribution < -0.4 is 5.73 Å². The van der Waals surface area contributed by atoms with E-state index in [1.54, 1.807) is 35.9 Å². The highest BCUT2D eigenvalue weighted by Gasteiger charge is 2.18. The summed E-state index contributed by atoms with van der Waals surface area (Å²) in [7, 11) is 0. The summed E-state index contributed by atoms with van der Waals surface area (Å²) in [4.78, 5) is 14.3. The molecule has 0 spiro atoms. The number of rotatable bonds is 4. The third-order valence-corrected chi connectivity index (χ3v) is 5.10. The molecule has 3 N–H and O–H groups in total. The molecule has 4 heterocycles. The zero-order valence-electron chi connectivity index (χ0n) is 15.2. The number of nitrogen functional groups attached to an aromatic ring is 1. The van der Waals surface area contributed by atoms with Crippen LogP contribution in [0.1, 0.15) is 30.1 Å². The van der Waals surface area contributed by atoms with Gasteiger partial charge in [0.25, 0.3) is 0 Å². The lowest BCUT2D eigenvalue weighted by molar-refractivity contribution is 0.0736. The fourth-order valence-corrected chi connectivity index (χ4v) is 3.75. The van der Waals surface area contributed by atoms with Gasteiger partial charge < -0.3 is 10.8 Å². The molecule has 4 aromatic rings. The second-order valence-corrected chi connectivity index (χ2v) is 8.13. The van der Waals surface area contributed by atoms with E-state index in [-0.39, 0.29) is 5.95 Å².